The molecule has 1 aromatic rings. The van der Waals surface area contributed by atoms with Crippen molar-refractivity contribution in [3.05, 3.63) is 39.9 Å². The second-order valence-corrected chi connectivity index (χ2v) is 3.92. The summed E-state index contributed by atoms with van der Waals surface area (Å²) in [6.07, 6.45) is 1.15. The van der Waals surface area contributed by atoms with Crippen molar-refractivity contribution >= 4 is 11.8 Å². The van der Waals surface area contributed by atoms with E-state index in [4.69, 9.17) is 10.5 Å². The third-order valence-corrected chi connectivity index (χ3v) is 2.42. The highest BCUT2D eigenvalue weighted by atomic mass is 16.6. The van der Waals surface area contributed by atoms with Crippen LogP contribution in [-0.2, 0) is 11.3 Å². The lowest BCUT2D eigenvalue weighted by Gasteiger charge is -2.06. The van der Waals surface area contributed by atoms with Crippen LogP contribution in [0.25, 0.3) is 0 Å². The summed E-state index contributed by atoms with van der Waals surface area (Å²) in [5, 5.41) is 13.0. The van der Waals surface area contributed by atoms with Crippen LogP contribution in [0.2, 0.25) is 0 Å². The maximum atomic E-state index is 11.3. The van der Waals surface area contributed by atoms with Crippen molar-refractivity contribution in [2.24, 2.45) is 5.73 Å². The average Bonchev–Trinajstić information content (AvgIpc) is 2.42. The molecule has 1 rings (SSSR count). The molecule has 7 nitrogen and oxygen atoms in total. The number of nitrogens with two attached hydrogens (primary N) is 1. The summed E-state index contributed by atoms with van der Waals surface area (Å²) in [6.45, 7) is 1.20. The molecule has 1 amide bonds. The van der Waals surface area contributed by atoms with Crippen molar-refractivity contribution in [3.8, 4) is 0 Å². The van der Waals surface area contributed by atoms with E-state index in [1.165, 1.54) is 12.1 Å². The fourth-order valence-corrected chi connectivity index (χ4v) is 1.37. The molecule has 0 fully saturated rings. The molecule has 0 aliphatic heterocycles. The number of carbonyl (C=O) groups excluding carboxylic acids is 1. The van der Waals surface area contributed by atoms with E-state index in [9.17, 15) is 14.9 Å². The van der Waals surface area contributed by atoms with Crippen molar-refractivity contribution in [2.45, 2.75) is 19.4 Å². The zero-order valence-corrected chi connectivity index (χ0v) is 10.5. The van der Waals surface area contributed by atoms with Crippen molar-refractivity contribution in [3.63, 3.8) is 0 Å². The molecule has 19 heavy (non-hydrogen) atoms. The first-order valence-corrected chi connectivity index (χ1v) is 5.97. The van der Waals surface area contributed by atoms with E-state index in [1.54, 1.807) is 12.1 Å². The fraction of sp³-hybridized carbons (Fsp3) is 0.417. The monoisotopic (exact) mass is 267 g/mol. The van der Waals surface area contributed by atoms with E-state index in [-0.39, 0.29) is 12.3 Å². The van der Waals surface area contributed by atoms with Crippen LogP contribution < -0.4 is 11.1 Å². The zero-order chi connectivity index (χ0) is 14.1. The Morgan fingerprint density at radius 3 is 2.58 bits per heavy atom. The summed E-state index contributed by atoms with van der Waals surface area (Å²) in [5.41, 5.74) is 6.03. The molecule has 0 aromatic heterocycles. The van der Waals surface area contributed by atoms with E-state index in [0.29, 0.717) is 18.7 Å². The van der Waals surface area contributed by atoms with Gasteiger partial charge in [0.25, 0.3) is 5.69 Å². The van der Waals surface area contributed by atoms with Gasteiger partial charge in [-0.25, -0.2) is 4.79 Å². The molecular weight excluding hydrogens is 250 g/mol. The lowest BCUT2D eigenvalue weighted by atomic mass is 10.2. The first-order valence-electron chi connectivity index (χ1n) is 5.97. The molecule has 0 saturated carbocycles. The number of nitrogens with zero attached hydrogens (tertiary/aromatic N) is 1. The number of non-ortho nitro benzene ring substituents is 1. The lowest BCUT2D eigenvalue weighted by molar-refractivity contribution is -0.384. The second-order valence-electron chi connectivity index (χ2n) is 3.92. The van der Waals surface area contributed by atoms with Crippen molar-refractivity contribution < 1.29 is 14.5 Å². The number of nitro groups is 1. The molecule has 1 aromatic carbocycles. The predicted octanol–water partition coefficient (Wildman–Crippen LogP) is 1.56. The van der Waals surface area contributed by atoms with Gasteiger partial charge in [-0.1, -0.05) is 0 Å². The molecule has 0 atom stereocenters. The number of nitrogens with one attached hydrogen (secondary N) is 1. The molecule has 0 aliphatic carbocycles. The molecule has 0 unspecified atom stereocenters. The Kier molecular flexibility index (Phi) is 6.31. The van der Waals surface area contributed by atoms with Gasteiger partial charge in [0.1, 0.15) is 6.61 Å². The maximum Gasteiger partial charge on any atom is 0.407 e. The van der Waals surface area contributed by atoms with Gasteiger partial charge in [-0.2, -0.15) is 0 Å². The van der Waals surface area contributed by atoms with Gasteiger partial charge in [0, 0.05) is 18.7 Å². The van der Waals surface area contributed by atoms with Gasteiger partial charge >= 0.3 is 6.09 Å². The van der Waals surface area contributed by atoms with Crippen LogP contribution >= 0.6 is 0 Å². The van der Waals surface area contributed by atoms with Gasteiger partial charge in [0.2, 0.25) is 0 Å². The number of amides is 1. The molecule has 3 N–H and O–H groups in total. The van der Waals surface area contributed by atoms with Crippen LogP contribution in [0.5, 0.6) is 0 Å². The van der Waals surface area contributed by atoms with Gasteiger partial charge < -0.3 is 15.8 Å². The molecule has 0 aliphatic rings. The van der Waals surface area contributed by atoms with E-state index in [1.807, 2.05) is 0 Å². The number of nitro benzene ring substituents is 1. The van der Waals surface area contributed by atoms with E-state index < -0.39 is 11.0 Å². The molecule has 0 heterocycles. The van der Waals surface area contributed by atoms with Gasteiger partial charge in [-0.05, 0) is 37.1 Å². The number of benzene rings is 1. The number of unbranched alkanes of at least 4 members (excludes halogenated alkanes) is 1. The van der Waals surface area contributed by atoms with Gasteiger partial charge in [-0.3, -0.25) is 10.1 Å². The summed E-state index contributed by atoms with van der Waals surface area (Å²) < 4.78 is 4.96. The topological polar surface area (TPSA) is 107 Å². The highest BCUT2D eigenvalue weighted by molar-refractivity contribution is 5.67. The summed E-state index contributed by atoms with van der Waals surface area (Å²) in [4.78, 5) is 21.3. The van der Waals surface area contributed by atoms with Gasteiger partial charge in [0.05, 0.1) is 4.92 Å². The minimum absolute atomic E-state index is 0.00925. The first-order chi connectivity index (χ1) is 9.13. The number of hydrogen-bond acceptors (Lipinski definition) is 5. The second kappa shape index (κ2) is 8.04. The number of alkyl carbamates (subject to hydrolysis) is 1. The predicted molar refractivity (Wildman–Crippen MR) is 69.6 cm³/mol. The fourth-order valence-electron chi connectivity index (χ4n) is 1.37. The highest BCUT2D eigenvalue weighted by Crippen LogP contribution is 2.12. The third-order valence-electron chi connectivity index (χ3n) is 2.42. The summed E-state index contributed by atoms with van der Waals surface area (Å²) in [5.74, 6) is 0. The Bertz CT molecular complexity index is 419. The Balaban J connectivity index is 2.28. The highest BCUT2D eigenvalue weighted by Gasteiger charge is 2.05. The van der Waals surface area contributed by atoms with Gasteiger partial charge in [0.15, 0.2) is 0 Å². The Morgan fingerprint density at radius 1 is 1.32 bits per heavy atom. The first kappa shape index (κ1) is 14.9. The maximum absolute atomic E-state index is 11.3. The minimum Gasteiger partial charge on any atom is -0.445 e. The van der Waals surface area contributed by atoms with Crippen molar-refractivity contribution in [1.29, 1.82) is 0 Å². The van der Waals surface area contributed by atoms with Crippen molar-refractivity contribution in [2.75, 3.05) is 13.1 Å². The molecular formula is C12H17N3O4. The molecule has 7 heteroatoms. The SMILES string of the molecule is NCCCCNC(=O)OCc1ccc([N+](=O)[O-])cc1. The molecule has 0 bridgehead atoms. The van der Waals surface area contributed by atoms with Crippen LogP contribution in [0.4, 0.5) is 10.5 Å². The van der Waals surface area contributed by atoms with E-state index in [2.05, 4.69) is 5.32 Å². The number of ether oxygens (including phenoxy) is 1. The Labute approximate surface area is 110 Å². The lowest BCUT2D eigenvalue weighted by Crippen LogP contribution is -2.25. The van der Waals surface area contributed by atoms with Crippen LogP contribution in [-0.4, -0.2) is 24.1 Å². The Morgan fingerprint density at radius 2 is 2.00 bits per heavy atom. The van der Waals surface area contributed by atoms with Crippen molar-refractivity contribution in [1.82, 2.24) is 5.32 Å². The number of rotatable bonds is 7. The quantitative estimate of drug-likeness (QED) is 0.443. The normalized spacial score (nSPS) is 9.95. The number of hydrogen-bond donors (Lipinski definition) is 2. The van der Waals surface area contributed by atoms with Crippen LogP contribution in [0.1, 0.15) is 18.4 Å². The van der Waals surface area contributed by atoms with Crippen LogP contribution in [0, 0.1) is 10.1 Å². The van der Waals surface area contributed by atoms with E-state index >= 15 is 0 Å². The number of carbonyl (C=O) groups is 1. The largest absolute Gasteiger partial charge is 0.445 e. The summed E-state index contributed by atoms with van der Waals surface area (Å²) in [6, 6.07) is 5.86. The van der Waals surface area contributed by atoms with Gasteiger partial charge in [-0.15, -0.1) is 0 Å². The smallest absolute Gasteiger partial charge is 0.407 e. The standard InChI is InChI=1S/C12H17N3O4/c13-7-1-2-8-14-12(16)19-9-10-3-5-11(6-4-10)15(17)18/h3-6H,1-2,7-9,13H2,(H,14,16). The Hall–Kier alpha value is -2.15. The summed E-state index contributed by atoms with van der Waals surface area (Å²) in [7, 11) is 0. The van der Waals surface area contributed by atoms with Crippen LogP contribution in [0.3, 0.4) is 0 Å². The molecule has 0 saturated heterocycles. The molecule has 104 valence electrons. The van der Waals surface area contributed by atoms with E-state index in [0.717, 1.165) is 12.8 Å². The third kappa shape index (κ3) is 5.82. The van der Waals surface area contributed by atoms with Crippen LogP contribution in [0.15, 0.2) is 24.3 Å². The molecule has 0 spiro atoms. The summed E-state index contributed by atoms with van der Waals surface area (Å²) >= 11 is 0. The zero-order valence-electron chi connectivity index (χ0n) is 10.5. The molecule has 0 radical (unpaired) electrons. The average molecular weight is 267 g/mol. The minimum atomic E-state index is -0.504.